The molecule has 0 aliphatic heterocycles. The van der Waals surface area contributed by atoms with Crippen LogP contribution in [0.15, 0.2) is 89.9 Å². The van der Waals surface area contributed by atoms with Gasteiger partial charge in [-0.1, -0.05) is 23.7 Å². The van der Waals surface area contributed by atoms with Gasteiger partial charge in [-0.25, -0.2) is 19.3 Å². The number of carboxylic acids is 1. The van der Waals surface area contributed by atoms with Crippen LogP contribution in [-0.2, 0) is 11.2 Å². The third kappa shape index (κ3) is 3.73. The molecule has 6 aromatic rings. The largest absolute Gasteiger partial charge is 0.481 e. The van der Waals surface area contributed by atoms with Gasteiger partial charge in [-0.15, -0.1) is 0 Å². The molecule has 0 atom stereocenters. The average molecular weight is 496 g/mol. The summed E-state index contributed by atoms with van der Waals surface area (Å²) in [5, 5.41) is 9.66. The molecular weight excluding hydrogens is 478 g/mol. The Kier molecular flexibility index (Phi) is 5.16. The molecule has 0 aliphatic rings. The second kappa shape index (κ2) is 8.51. The van der Waals surface area contributed by atoms with E-state index in [1.807, 2.05) is 42.5 Å². The van der Waals surface area contributed by atoms with E-state index in [0.29, 0.717) is 38.9 Å². The molecule has 6 rings (SSSR count). The lowest BCUT2D eigenvalue weighted by Crippen LogP contribution is -2.22. The summed E-state index contributed by atoms with van der Waals surface area (Å²) in [6, 6.07) is 23.5. The normalized spacial score (nSPS) is 11.4. The van der Waals surface area contributed by atoms with Crippen molar-refractivity contribution in [2.24, 2.45) is 0 Å². The Morgan fingerprint density at radius 2 is 1.67 bits per heavy atom. The zero-order valence-corrected chi connectivity index (χ0v) is 19.5. The zero-order valence-electron chi connectivity index (χ0n) is 18.7. The topological polar surface area (TPSA) is 106 Å². The fourth-order valence-electron chi connectivity index (χ4n) is 4.34. The van der Waals surface area contributed by atoms with Gasteiger partial charge in [0.2, 0.25) is 0 Å². The molecule has 0 spiro atoms. The Labute approximate surface area is 209 Å². The molecule has 3 heterocycles. The van der Waals surface area contributed by atoms with Crippen LogP contribution in [0.1, 0.15) is 5.56 Å². The van der Waals surface area contributed by atoms with Gasteiger partial charge in [0, 0.05) is 16.8 Å². The van der Waals surface area contributed by atoms with E-state index in [2.05, 4.69) is 15.0 Å². The highest BCUT2D eigenvalue weighted by atomic mass is 35.5. The number of H-pyrrole nitrogens is 1. The molecule has 3 aromatic heterocycles. The van der Waals surface area contributed by atoms with Gasteiger partial charge in [-0.05, 0) is 72.3 Å². The molecule has 9 heteroatoms. The van der Waals surface area contributed by atoms with Crippen molar-refractivity contribution in [3.05, 3.63) is 106 Å². The number of aliphatic carboxylic acids is 1. The van der Waals surface area contributed by atoms with Crippen LogP contribution >= 0.6 is 11.6 Å². The molecule has 0 unspecified atom stereocenters. The number of rotatable bonds is 5. The van der Waals surface area contributed by atoms with E-state index in [4.69, 9.17) is 16.7 Å². The summed E-state index contributed by atoms with van der Waals surface area (Å²) in [4.78, 5) is 37.0. The molecule has 36 heavy (non-hydrogen) atoms. The van der Waals surface area contributed by atoms with Crippen molar-refractivity contribution in [1.82, 2.24) is 24.1 Å². The maximum Gasteiger partial charge on any atom is 0.339 e. The number of pyridine rings is 1. The van der Waals surface area contributed by atoms with E-state index in [-0.39, 0.29) is 12.1 Å². The number of aromatic nitrogens is 5. The average Bonchev–Trinajstić information content (AvgIpc) is 3.42. The van der Waals surface area contributed by atoms with Crippen molar-refractivity contribution >= 4 is 39.8 Å². The maximum atomic E-state index is 13.6. The van der Waals surface area contributed by atoms with Crippen molar-refractivity contribution in [2.75, 3.05) is 0 Å². The smallest absolute Gasteiger partial charge is 0.339 e. The highest BCUT2D eigenvalue weighted by Gasteiger charge is 2.17. The summed E-state index contributed by atoms with van der Waals surface area (Å²) in [6.07, 6.45) is 1.55. The van der Waals surface area contributed by atoms with Gasteiger partial charge >= 0.3 is 11.7 Å². The van der Waals surface area contributed by atoms with Gasteiger partial charge in [0.25, 0.3) is 0 Å². The Balaban J connectivity index is 1.42. The molecule has 0 bridgehead atoms. The summed E-state index contributed by atoms with van der Waals surface area (Å²) >= 11 is 6.09. The van der Waals surface area contributed by atoms with Crippen LogP contribution in [0.5, 0.6) is 0 Å². The van der Waals surface area contributed by atoms with Gasteiger partial charge in [-0.3, -0.25) is 9.36 Å². The SMILES string of the molecule is O=C(O)Cc1ccc(-n2c(=O)n(-c3ccc(-c4nc5ccc(Cl)cc5[nH]4)cc3)c3cccnc32)cc1. The van der Waals surface area contributed by atoms with Crippen LogP contribution in [0.25, 0.3) is 45.0 Å². The molecular formula is C27H18ClN5O3. The molecule has 0 saturated carbocycles. The predicted molar refractivity (Wildman–Crippen MR) is 138 cm³/mol. The Morgan fingerprint density at radius 3 is 2.42 bits per heavy atom. The molecule has 176 valence electrons. The van der Waals surface area contributed by atoms with Gasteiger partial charge in [-0.2, -0.15) is 0 Å². The highest BCUT2D eigenvalue weighted by molar-refractivity contribution is 6.31. The summed E-state index contributed by atoms with van der Waals surface area (Å²) in [5.41, 5.74) is 5.36. The van der Waals surface area contributed by atoms with Crippen LogP contribution in [0.2, 0.25) is 5.02 Å². The Hall–Kier alpha value is -4.69. The van der Waals surface area contributed by atoms with Crippen molar-refractivity contribution in [2.45, 2.75) is 6.42 Å². The molecule has 0 aliphatic carbocycles. The van der Waals surface area contributed by atoms with E-state index in [1.54, 1.807) is 47.2 Å². The van der Waals surface area contributed by atoms with Crippen LogP contribution in [0.3, 0.4) is 0 Å². The quantitative estimate of drug-likeness (QED) is 0.350. The Bertz CT molecular complexity index is 1820. The third-order valence-electron chi connectivity index (χ3n) is 5.99. The van der Waals surface area contributed by atoms with Crippen molar-refractivity contribution in [1.29, 1.82) is 0 Å². The predicted octanol–water partition coefficient (Wildman–Crippen LogP) is 5.00. The van der Waals surface area contributed by atoms with E-state index in [0.717, 1.165) is 16.6 Å². The molecule has 0 amide bonds. The number of fused-ring (bicyclic) bond motifs is 2. The molecule has 2 N–H and O–H groups in total. The Morgan fingerprint density at radius 1 is 0.944 bits per heavy atom. The van der Waals surface area contributed by atoms with Crippen molar-refractivity contribution in [3.63, 3.8) is 0 Å². The summed E-state index contributed by atoms with van der Waals surface area (Å²) in [5.74, 6) is -0.204. The monoisotopic (exact) mass is 495 g/mol. The van der Waals surface area contributed by atoms with Crippen LogP contribution < -0.4 is 5.69 Å². The molecule has 3 aromatic carbocycles. The minimum Gasteiger partial charge on any atom is -0.481 e. The number of aromatic amines is 1. The number of carbonyl (C=O) groups is 1. The highest BCUT2D eigenvalue weighted by Crippen LogP contribution is 2.25. The maximum absolute atomic E-state index is 13.6. The van der Waals surface area contributed by atoms with E-state index < -0.39 is 5.97 Å². The molecule has 0 saturated heterocycles. The van der Waals surface area contributed by atoms with Gasteiger partial charge in [0.05, 0.1) is 34.3 Å². The lowest BCUT2D eigenvalue weighted by molar-refractivity contribution is -0.136. The summed E-state index contributed by atoms with van der Waals surface area (Å²) in [6.45, 7) is 0. The number of hydrogen-bond donors (Lipinski definition) is 2. The van der Waals surface area contributed by atoms with E-state index >= 15 is 0 Å². The lowest BCUT2D eigenvalue weighted by atomic mass is 10.1. The molecule has 8 nitrogen and oxygen atoms in total. The third-order valence-corrected chi connectivity index (χ3v) is 6.23. The van der Waals surface area contributed by atoms with Crippen molar-refractivity contribution in [3.8, 4) is 22.8 Å². The van der Waals surface area contributed by atoms with Gasteiger partial charge < -0.3 is 10.1 Å². The first-order valence-electron chi connectivity index (χ1n) is 11.1. The zero-order chi connectivity index (χ0) is 24.8. The number of halogens is 1. The number of imidazole rings is 2. The van der Waals surface area contributed by atoms with Gasteiger partial charge in [0.1, 0.15) is 5.82 Å². The van der Waals surface area contributed by atoms with Crippen molar-refractivity contribution < 1.29 is 9.90 Å². The second-order valence-electron chi connectivity index (χ2n) is 8.33. The minimum atomic E-state index is -0.909. The van der Waals surface area contributed by atoms with Crippen LogP contribution in [0.4, 0.5) is 0 Å². The fourth-order valence-corrected chi connectivity index (χ4v) is 4.51. The fraction of sp³-hybridized carbons (Fsp3) is 0.0370. The van der Waals surface area contributed by atoms with E-state index in [1.165, 1.54) is 4.57 Å². The number of nitrogens with one attached hydrogen (secondary N) is 1. The number of benzene rings is 3. The molecule has 0 fully saturated rings. The first kappa shape index (κ1) is 21.8. The number of carboxylic acid groups (broad SMARTS) is 1. The lowest BCUT2D eigenvalue weighted by Gasteiger charge is -2.05. The van der Waals surface area contributed by atoms with Crippen LogP contribution in [0, 0.1) is 0 Å². The van der Waals surface area contributed by atoms with E-state index in [9.17, 15) is 9.59 Å². The first-order chi connectivity index (χ1) is 17.5. The first-order valence-corrected chi connectivity index (χ1v) is 11.5. The number of hydrogen-bond acceptors (Lipinski definition) is 4. The van der Waals surface area contributed by atoms with Crippen LogP contribution in [-0.4, -0.2) is 35.2 Å². The van der Waals surface area contributed by atoms with Gasteiger partial charge in [0.15, 0.2) is 5.65 Å². The second-order valence-corrected chi connectivity index (χ2v) is 8.77. The minimum absolute atomic E-state index is 0.0835. The summed E-state index contributed by atoms with van der Waals surface area (Å²) in [7, 11) is 0. The number of nitrogens with zero attached hydrogens (tertiary/aromatic N) is 4. The molecule has 0 radical (unpaired) electrons. The summed E-state index contributed by atoms with van der Waals surface area (Å²) < 4.78 is 3.13. The standard InChI is InChI=1S/C27H18ClN5O3/c28-18-7-12-21-22(15-18)31-25(30-21)17-5-10-19(11-6-17)32-23-2-1-13-29-26(23)33(27(32)36)20-8-3-16(4-9-20)14-24(34)35/h1-13,15H,14H2,(H,30,31)(H,34,35).